The number of carbonyl (C=O) groups excluding carboxylic acids is 1. The Morgan fingerprint density at radius 1 is 1.15 bits per heavy atom. The summed E-state index contributed by atoms with van der Waals surface area (Å²) in [6.07, 6.45) is 0. The van der Waals surface area contributed by atoms with Crippen LogP contribution in [0.15, 0.2) is 59.1 Å². The van der Waals surface area contributed by atoms with Crippen LogP contribution in [0.4, 0.5) is 0 Å². The lowest BCUT2D eigenvalue weighted by Crippen LogP contribution is -2.30. The van der Waals surface area contributed by atoms with Gasteiger partial charge in [-0.15, -0.1) is 11.8 Å². The van der Waals surface area contributed by atoms with Crippen molar-refractivity contribution in [3.63, 3.8) is 0 Å². The average molecular weight is 367 g/mol. The van der Waals surface area contributed by atoms with Gasteiger partial charge in [-0.2, -0.15) is 4.98 Å². The largest absolute Gasteiger partial charge is 0.346 e. The Hall–Kier alpha value is -2.60. The van der Waals surface area contributed by atoms with Gasteiger partial charge in [0.15, 0.2) is 0 Å². The Morgan fingerprint density at radius 3 is 2.62 bits per heavy atom. The van der Waals surface area contributed by atoms with Crippen LogP contribution in [0.25, 0.3) is 11.4 Å². The summed E-state index contributed by atoms with van der Waals surface area (Å²) in [5.41, 5.74) is 3.27. The van der Waals surface area contributed by atoms with Gasteiger partial charge < -0.3 is 9.84 Å². The minimum Gasteiger partial charge on any atom is -0.346 e. The third kappa shape index (κ3) is 4.95. The summed E-state index contributed by atoms with van der Waals surface area (Å²) in [5.74, 6) is 1.68. The van der Waals surface area contributed by atoms with Crippen LogP contribution < -0.4 is 5.32 Å². The molecule has 5 nitrogen and oxygen atoms in total. The lowest BCUT2D eigenvalue weighted by atomic mass is 10.1. The molecule has 0 fully saturated rings. The van der Waals surface area contributed by atoms with E-state index in [1.54, 1.807) is 11.8 Å². The molecule has 0 aliphatic carbocycles. The highest BCUT2D eigenvalue weighted by molar-refractivity contribution is 7.99. The first-order valence-electron chi connectivity index (χ1n) is 8.44. The lowest BCUT2D eigenvalue weighted by Gasteiger charge is -2.10. The molecule has 6 heteroatoms. The van der Waals surface area contributed by atoms with Gasteiger partial charge in [0, 0.05) is 11.3 Å². The minimum absolute atomic E-state index is 0.0407. The minimum atomic E-state index is -0.158. The fourth-order valence-electron chi connectivity index (χ4n) is 2.32. The number of aromatic nitrogens is 2. The van der Waals surface area contributed by atoms with Gasteiger partial charge in [-0.05, 0) is 19.4 Å². The molecular weight excluding hydrogens is 346 g/mol. The van der Waals surface area contributed by atoms with Crippen molar-refractivity contribution in [1.29, 1.82) is 0 Å². The number of nitrogens with one attached hydrogen (secondary N) is 1. The van der Waals surface area contributed by atoms with E-state index in [0.717, 1.165) is 11.3 Å². The zero-order valence-corrected chi connectivity index (χ0v) is 15.6. The van der Waals surface area contributed by atoms with E-state index in [2.05, 4.69) is 27.6 Å². The number of nitrogens with zero attached hydrogens (tertiary/aromatic N) is 2. The SMILES string of the molecule is Cc1ccc(-c2noc(CNC(=O)[C@@H](C)SCc3ccccc3)n2)cc1. The number of aryl methyl sites for hydroxylation is 1. The zero-order valence-electron chi connectivity index (χ0n) is 14.8. The second-order valence-electron chi connectivity index (χ2n) is 6.03. The van der Waals surface area contributed by atoms with Gasteiger partial charge >= 0.3 is 0 Å². The highest BCUT2D eigenvalue weighted by Crippen LogP contribution is 2.18. The van der Waals surface area contributed by atoms with Crippen molar-refractivity contribution in [3.8, 4) is 11.4 Å². The van der Waals surface area contributed by atoms with E-state index >= 15 is 0 Å². The first-order chi connectivity index (χ1) is 12.6. The molecule has 0 unspecified atom stereocenters. The maximum atomic E-state index is 12.2. The van der Waals surface area contributed by atoms with E-state index in [-0.39, 0.29) is 17.7 Å². The smallest absolute Gasteiger partial charge is 0.246 e. The van der Waals surface area contributed by atoms with Crippen molar-refractivity contribution in [1.82, 2.24) is 15.5 Å². The van der Waals surface area contributed by atoms with Crippen molar-refractivity contribution in [2.75, 3.05) is 0 Å². The van der Waals surface area contributed by atoms with Crippen molar-refractivity contribution in [2.24, 2.45) is 0 Å². The molecule has 1 atom stereocenters. The van der Waals surface area contributed by atoms with Gasteiger partial charge in [0.2, 0.25) is 17.6 Å². The predicted octanol–water partition coefficient (Wildman–Crippen LogP) is 3.98. The lowest BCUT2D eigenvalue weighted by molar-refractivity contribution is -0.120. The van der Waals surface area contributed by atoms with Crippen LogP contribution >= 0.6 is 11.8 Å². The molecule has 1 heterocycles. The van der Waals surface area contributed by atoms with Gasteiger partial charge in [-0.3, -0.25) is 4.79 Å². The van der Waals surface area contributed by atoms with Crippen LogP contribution in [-0.4, -0.2) is 21.3 Å². The van der Waals surface area contributed by atoms with E-state index in [0.29, 0.717) is 11.7 Å². The number of rotatable bonds is 7. The molecule has 0 aliphatic rings. The van der Waals surface area contributed by atoms with Gasteiger partial charge in [-0.1, -0.05) is 65.3 Å². The molecule has 0 bridgehead atoms. The molecule has 2 aromatic carbocycles. The molecule has 134 valence electrons. The fourth-order valence-corrected chi connectivity index (χ4v) is 3.19. The van der Waals surface area contributed by atoms with Crippen LogP contribution in [-0.2, 0) is 17.1 Å². The van der Waals surface area contributed by atoms with Gasteiger partial charge in [0.05, 0.1) is 11.8 Å². The van der Waals surface area contributed by atoms with Crippen molar-refractivity contribution < 1.29 is 9.32 Å². The van der Waals surface area contributed by atoms with Crippen molar-refractivity contribution in [2.45, 2.75) is 31.4 Å². The third-order valence-corrected chi connectivity index (χ3v) is 5.12. The number of thioether (sulfide) groups is 1. The Bertz CT molecular complexity index is 847. The summed E-state index contributed by atoms with van der Waals surface area (Å²) in [4.78, 5) is 16.6. The summed E-state index contributed by atoms with van der Waals surface area (Å²) < 4.78 is 5.23. The molecule has 0 saturated heterocycles. The molecule has 0 saturated carbocycles. The number of benzene rings is 2. The molecule has 3 rings (SSSR count). The molecular formula is C20H21N3O2S. The van der Waals surface area contributed by atoms with Crippen LogP contribution in [0.2, 0.25) is 0 Å². The highest BCUT2D eigenvalue weighted by Gasteiger charge is 2.15. The number of carbonyl (C=O) groups is 1. The van der Waals surface area contributed by atoms with E-state index in [1.165, 1.54) is 11.1 Å². The first-order valence-corrected chi connectivity index (χ1v) is 9.49. The van der Waals surface area contributed by atoms with Gasteiger partial charge in [-0.25, -0.2) is 0 Å². The summed E-state index contributed by atoms with van der Waals surface area (Å²) in [7, 11) is 0. The summed E-state index contributed by atoms with van der Waals surface area (Å²) in [5, 5.41) is 6.67. The topological polar surface area (TPSA) is 68.0 Å². The summed E-state index contributed by atoms with van der Waals surface area (Å²) >= 11 is 1.60. The molecule has 3 aromatic rings. The van der Waals surface area contributed by atoms with E-state index in [1.807, 2.05) is 56.3 Å². The standard InChI is InChI=1S/C20H21N3O2S/c1-14-8-10-17(11-9-14)19-22-18(25-23-19)12-21-20(24)15(2)26-13-16-6-4-3-5-7-16/h3-11,15H,12-13H2,1-2H3,(H,21,24)/t15-/m1/s1. The first kappa shape index (κ1) is 18.2. The van der Waals surface area contributed by atoms with Gasteiger partial charge in [0.1, 0.15) is 0 Å². The van der Waals surface area contributed by atoms with Crippen LogP contribution in [0.5, 0.6) is 0 Å². The van der Waals surface area contributed by atoms with Crippen LogP contribution in [0.1, 0.15) is 23.9 Å². The normalized spacial score (nSPS) is 11.9. The average Bonchev–Trinajstić information content (AvgIpc) is 3.14. The Kier molecular flexibility index (Phi) is 6.07. The molecule has 1 N–H and O–H groups in total. The van der Waals surface area contributed by atoms with E-state index in [4.69, 9.17) is 4.52 Å². The number of amides is 1. The Balaban J connectivity index is 1.49. The second-order valence-corrected chi connectivity index (χ2v) is 7.36. The van der Waals surface area contributed by atoms with E-state index < -0.39 is 0 Å². The highest BCUT2D eigenvalue weighted by atomic mass is 32.2. The van der Waals surface area contributed by atoms with Crippen molar-refractivity contribution >= 4 is 17.7 Å². The maximum absolute atomic E-state index is 12.2. The molecule has 0 radical (unpaired) electrons. The Morgan fingerprint density at radius 2 is 1.88 bits per heavy atom. The number of hydrogen-bond donors (Lipinski definition) is 1. The summed E-state index contributed by atoms with van der Waals surface area (Å²) in [6, 6.07) is 18.0. The monoisotopic (exact) mass is 367 g/mol. The number of hydrogen-bond acceptors (Lipinski definition) is 5. The van der Waals surface area contributed by atoms with Crippen molar-refractivity contribution in [3.05, 3.63) is 71.6 Å². The Labute approximate surface area is 157 Å². The molecule has 26 heavy (non-hydrogen) atoms. The predicted molar refractivity (Wildman–Crippen MR) is 104 cm³/mol. The maximum Gasteiger partial charge on any atom is 0.246 e. The third-order valence-electron chi connectivity index (χ3n) is 3.90. The molecule has 0 aliphatic heterocycles. The van der Waals surface area contributed by atoms with E-state index in [9.17, 15) is 4.79 Å². The van der Waals surface area contributed by atoms with Crippen LogP contribution in [0.3, 0.4) is 0 Å². The van der Waals surface area contributed by atoms with Gasteiger partial charge in [0.25, 0.3) is 0 Å². The second kappa shape index (κ2) is 8.67. The molecule has 1 aromatic heterocycles. The van der Waals surface area contributed by atoms with Crippen LogP contribution in [0, 0.1) is 6.92 Å². The molecule has 1 amide bonds. The quantitative estimate of drug-likeness (QED) is 0.684. The zero-order chi connectivity index (χ0) is 18.4. The fraction of sp³-hybridized carbons (Fsp3) is 0.250. The summed E-state index contributed by atoms with van der Waals surface area (Å²) in [6.45, 7) is 4.15. The molecule has 0 spiro atoms.